The quantitative estimate of drug-likeness (QED) is 0.343. The van der Waals surface area contributed by atoms with Gasteiger partial charge in [-0.15, -0.1) is 0 Å². The average Bonchev–Trinajstić information content (AvgIpc) is 2.20. The highest BCUT2D eigenvalue weighted by molar-refractivity contribution is 6.04. The molecular weight excluding hydrogens is 122 g/mol. The minimum absolute atomic E-state index is 0.579. The molecule has 0 aromatic carbocycles. The number of hydrogen-bond acceptors (Lipinski definition) is 4. The van der Waals surface area contributed by atoms with Crippen molar-refractivity contribution in [2.75, 3.05) is 7.05 Å². The van der Waals surface area contributed by atoms with Gasteiger partial charge in [-0.2, -0.15) is 0 Å². The lowest BCUT2D eigenvalue weighted by molar-refractivity contribution is -0.150. The molecule has 1 rings (SSSR count). The predicted molar refractivity (Wildman–Crippen MR) is 30.4 cm³/mol. The molecule has 2 N–H and O–H groups in total. The van der Waals surface area contributed by atoms with Crippen molar-refractivity contribution >= 4 is 11.9 Å². The summed E-state index contributed by atoms with van der Waals surface area (Å²) in [4.78, 5) is 19.8. The van der Waals surface area contributed by atoms with E-state index in [4.69, 9.17) is 0 Å². The summed E-state index contributed by atoms with van der Waals surface area (Å²) in [5.74, 6) is -1.16. The van der Waals surface area contributed by atoms with Crippen molar-refractivity contribution in [2.24, 2.45) is 5.73 Å². The normalized spacial score (nSPS) is 14.4. The molecule has 0 atom stereocenters. The van der Waals surface area contributed by atoms with Crippen molar-refractivity contribution < 1.29 is 14.3 Å². The summed E-state index contributed by atoms with van der Waals surface area (Å²) in [6.07, 6.45) is 2.17. The van der Waals surface area contributed by atoms with Gasteiger partial charge in [-0.1, -0.05) is 0 Å². The number of cyclic esters (lactones) is 2. The van der Waals surface area contributed by atoms with Gasteiger partial charge in [0.1, 0.15) is 0 Å². The van der Waals surface area contributed by atoms with Gasteiger partial charge in [-0.05, 0) is 7.05 Å². The summed E-state index contributed by atoms with van der Waals surface area (Å²) in [6, 6.07) is 0. The second kappa shape index (κ2) is 3.80. The standard InChI is InChI=1S/C4H2O3.CH5N/c5-3-1-2-4(6)7-3;1-2/h1-2H;2H2,1H3. The minimum Gasteiger partial charge on any atom is -0.387 e. The van der Waals surface area contributed by atoms with E-state index in [1.165, 1.54) is 7.05 Å². The molecule has 0 amide bonds. The number of esters is 2. The summed E-state index contributed by atoms with van der Waals surface area (Å²) in [5.41, 5.74) is 4.50. The minimum atomic E-state index is -0.579. The first-order valence-electron chi connectivity index (χ1n) is 2.30. The van der Waals surface area contributed by atoms with E-state index in [2.05, 4.69) is 10.5 Å². The van der Waals surface area contributed by atoms with Crippen molar-refractivity contribution in [3.8, 4) is 0 Å². The Balaban J connectivity index is 0.000000291. The van der Waals surface area contributed by atoms with Crippen molar-refractivity contribution in [3.05, 3.63) is 12.2 Å². The molecule has 1 heterocycles. The van der Waals surface area contributed by atoms with Crippen LogP contribution >= 0.6 is 0 Å². The maximum absolute atomic E-state index is 9.92. The van der Waals surface area contributed by atoms with E-state index in [1.54, 1.807) is 0 Å². The van der Waals surface area contributed by atoms with Gasteiger partial charge >= 0.3 is 11.9 Å². The van der Waals surface area contributed by atoms with E-state index < -0.39 is 11.9 Å². The second-order valence-corrected chi connectivity index (χ2v) is 1.07. The average molecular weight is 129 g/mol. The van der Waals surface area contributed by atoms with Crippen LogP contribution in [0.2, 0.25) is 0 Å². The molecule has 0 aliphatic carbocycles. The van der Waals surface area contributed by atoms with Crippen molar-refractivity contribution in [3.63, 3.8) is 0 Å². The van der Waals surface area contributed by atoms with E-state index in [1.807, 2.05) is 0 Å². The van der Waals surface area contributed by atoms with E-state index in [9.17, 15) is 9.59 Å². The molecule has 0 spiro atoms. The summed E-state index contributed by atoms with van der Waals surface area (Å²) < 4.78 is 3.97. The highest BCUT2D eigenvalue weighted by atomic mass is 16.6. The molecule has 0 unspecified atom stereocenters. The number of carbonyl (C=O) groups is 2. The SMILES string of the molecule is CN.O=C1C=CC(=O)O1. The Morgan fingerprint density at radius 3 is 1.67 bits per heavy atom. The van der Waals surface area contributed by atoms with Gasteiger partial charge in [0.25, 0.3) is 0 Å². The Morgan fingerprint density at radius 1 is 1.22 bits per heavy atom. The summed E-state index contributed by atoms with van der Waals surface area (Å²) in [5, 5.41) is 0. The predicted octanol–water partition coefficient (Wildman–Crippen LogP) is -0.799. The van der Waals surface area contributed by atoms with Gasteiger partial charge < -0.3 is 10.5 Å². The number of carbonyl (C=O) groups excluding carboxylic acids is 2. The molecule has 0 aromatic rings. The molecule has 4 heteroatoms. The molecule has 50 valence electrons. The third kappa shape index (κ3) is 2.61. The third-order valence-corrected chi connectivity index (χ3v) is 0.557. The fourth-order valence-electron chi connectivity index (χ4n) is 0.303. The summed E-state index contributed by atoms with van der Waals surface area (Å²) >= 11 is 0. The van der Waals surface area contributed by atoms with Gasteiger partial charge in [-0.3, -0.25) is 0 Å². The highest BCUT2D eigenvalue weighted by Gasteiger charge is 2.10. The van der Waals surface area contributed by atoms with Crippen LogP contribution in [0.3, 0.4) is 0 Å². The summed E-state index contributed by atoms with van der Waals surface area (Å²) in [6.45, 7) is 0. The molecule has 1 aliphatic rings. The number of nitrogens with two attached hydrogens (primary N) is 1. The molecular formula is C5H7NO3. The van der Waals surface area contributed by atoms with Gasteiger partial charge in [0, 0.05) is 12.2 Å². The molecule has 0 saturated carbocycles. The Labute approximate surface area is 52.3 Å². The lowest BCUT2D eigenvalue weighted by Gasteiger charge is -1.80. The molecule has 4 nitrogen and oxygen atoms in total. The second-order valence-electron chi connectivity index (χ2n) is 1.07. The van der Waals surface area contributed by atoms with Crippen molar-refractivity contribution in [1.29, 1.82) is 0 Å². The fraction of sp³-hybridized carbons (Fsp3) is 0.200. The molecule has 0 saturated heterocycles. The molecule has 1 aliphatic heterocycles. The molecule has 0 bridgehead atoms. The number of hydrogen-bond donors (Lipinski definition) is 1. The molecule has 0 fully saturated rings. The molecule has 0 aromatic heterocycles. The fourth-order valence-corrected chi connectivity index (χ4v) is 0.303. The van der Waals surface area contributed by atoms with Crippen LogP contribution in [0, 0.1) is 0 Å². The van der Waals surface area contributed by atoms with Crippen LogP contribution in [0.1, 0.15) is 0 Å². The first-order chi connectivity index (χ1) is 4.29. The van der Waals surface area contributed by atoms with Gasteiger partial charge in [0.05, 0.1) is 0 Å². The van der Waals surface area contributed by atoms with Gasteiger partial charge in [0.2, 0.25) is 0 Å². The van der Waals surface area contributed by atoms with Crippen LogP contribution < -0.4 is 5.73 Å². The summed E-state index contributed by atoms with van der Waals surface area (Å²) in [7, 11) is 1.50. The van der Waals surface area contributed by atoms with Crippen molar-refractivity contribution in [2.45, 2.75) is 0 Å². The first-order valence-corrected chi connectivity index (χ1v) is 2.30. The lowest BCUT2D eigenvalue weighted by atomic mass is 10.6. The number of rotatable bonds is 0. The topological polar surface area (TPSA) is 69.4 Å². The monoisotopic (exact) mass is 129 g/mol. The smallest absolute Gasteiger partial charge is 0.338 e. The van der Waals surface area contributed by atoms with Crippen LogP contribution in [0.25, 0.3) is 0 Å². The largest absolute Gasteiger partial charge is 0.387 e. The Kier molecular flexibility index (Phi) is 3.31. The Morgan fingerprint density at radius 2 is 1.56 bits per heavy atom. The van der Waals surface area contributed by atoms with Crippen molar-refractivity contribution in [1.82, 2.24) is 0 Å². The van der Waals surface area contributed by atoms with Crippen LogP contribution in [0.5, 0.6) is 0 Å². The van der Waals surface area contributed by atoms with E-state index in [0.717, 1.165) is 12.2 Å². The molecule has 0 radical (unpaired) electrons. The number of ether oxygens (including phenoxy) is 1. The van der Waals surface area contributed by atoms with Crippen LogP contribution in [0.15, 0.2) is 12.2 Å². The van der Waals surface area contributed by atoms with Crippen LogP contribution in [-0.2, 0) is 14.3 Å². The molecule has 9 heavy (non-hydrogen) atoms. The zero-order valence-electron chi connectivity index (χ0n) is 4.96. The van der Waals surface area contributed by atoms with Gasteiger partial charge in [0.15, 0.2) is 0 Å². The maximum atomic E-state index is 9.92. The zero-order valence-corrected chi connectivity index (χ0v) is 4.96. The lowest BCUT2D eigenvalue weighted by Crippen LogP contribution is -1.96. The van der Waals surface area contributed by atoms with E-state index >= 15 is 0 Å². The van der Waals surface area contributed by atoms with Crippen LogP contribution in [-0.4, -0.2) is 19.0 Å². The first kappa shape index (κ1) is 7.84. The third-order valence-electron chi connectivity index (χ3n) is 0.557. The Hall–Kier alpha value is -1.16. The zero-order chi connectivity index (χ0) is 7.28. The van der Waals surface area contributed by atoms with Gasteiger partial charge in [-0.25, -0.2) is 9.59 Å². The highest BCUT2D eigenvalue weighted by Crippen LogP contribution is 1.92. The van der Waals surface area contributed by atoms with E-state index in [0.29, 0.717) is 0 Å². The maximum Gasteiger partial charge on any atom is 0.338 e. The Bertz CT molecular complexity index is 134. The van der Waals surface area contributed by atoms with Crippen LogP contribution in [0.4, 0.5) is 0 Å². The van der Waals surface area contributed by atoms with E-state index in [-0.39, 0.29) is 0 Å².